The van der Waals surface area contributed by atoms with Gasteiger partial charge in [-0.2, -0.15) is 0 Å². The standard InChI is InChI=1S/C24H30FN3O4/c1-24(2,3)15-8-13(9-16(21(15)30)27(4)5)17(29)12-28-11-14-10-18(31-6)22(32-7)20(25)19(14)23(28)26/h8-10,26,30H,11-12H2,1-7H3. The Labute approximate surface area is 187 Å². The number of hydrogen-bond donors (Lipinski definition) is 2. The van der Waals surface area contributed by atoms with Gasteiger partial charge in [0.1, 0.15) is 11.6 Å². The maximum absolute atomic E-state index is 15.0. The number of hydrogen-bond acceptors (Lipinski definition) is 6. The molecule has 2 aromatic carbocycles. The average molecular weight is 444 g/mol. The Hall–Kier alpha value is -3.29. The number of anilines is 1. The number of halogens is 1. The highest BCUT2D eigenvalue weighted by atomic mass is 19.1. The van der Waals surface area contributed by atoms with Crippen LogP contribution in [0.3, 0.4) is 0 Å². The van der Waals surface area contributed by atoms with Gasteiger partial charge in [0, 0.05) is 31.8 Å². The highest BCUT2D eigenvalue weighted by Crippen LogP contribution is 2.40. The average Bonchev–Trinajstić information content (AvgIpc) is 3.02. The summed E-state index contributed by atoms with van der Waals surface area (Å²) in [5.74, 6) is -0.648. The number of phenols is 1. The van der Waals surface area contributed by atoms with Gasteiger partial charge >= 0.3 is 0 Å². The van der Waals surface area contributed by atoms with Gasteiger partial charge in [0.15, 0.2) is 23.1 Å². The fraction of sp³-hybridized carbons (Fsp3) is 0.417. The summed E-state index contributed by atoms with van der Waals surface area (Å²) in [6.07, 6.45) is 0. The molecule has 3 rings (SSSR count). The van der Waals surface area contributed by atoms with Crippen molar-refractivity contribution in [1.82, 2.24) is 4.90 Å². The molecule has 2 N–H and O–H groups in total. The molecule has 0 amide bonds. The van der Waals surface area contributed by atoms with Gasteiger partial charge in [-0.1, -0.05) is 20.8 Å². The summed E-state index contributed by atoms with van der Waals surface area (Å²) in [4.78, 5) is 16.5. The molecule has 0 spiro atoms. The predicted molar refractivity (Wildman–Crippen MR) is 122 cm³/mol. The minimum Gasteiger partial charge on any atom is -0.505 e. The van der Waals surface area contributed by atoms with Crippen LogP contribution in [0.2, 0.25) is 0 Å². The monoisotopic (exact) mass is 443 g/mol. The molecular formula is C24H30FN3O4. The first-order chi connectivity index (χ1) is 14.9. The summed E-state index contributed by atoms with van der Waals surface area (Å²) in [6.45, 7) is 6.00. The molecule has 7 nitrogen and oxygen atoms in total. The van der Waals surface area contributed by atoms with Gasteiger partial charge < -0.3 is 24.4 Å². The summed E-state index contributed by atoms with van der Waals surface area (Å²) in [5.41, 5.74) is 1.93. The van der Waals surface area contributed by atoms with E-state index in [1.807, 2.05) is 20.8 Å². The van der Waals surface area contributed by atoms with E-state index in [2.05, 4.69) is 0 Å². The van der Waals surface area contributed by atoms with E-state index in [0.29, 0.717) is 22.4 Å². The highest BCUT2D eigenvalue weighted by Gasteiger charge is 2.33. The molecule has 0 fully saturated rings. The first-order valence-corrected chi connectivity index (χ1v) is 10.3. The number of Topliss-reactive ketones (excluding diaryl/α,β-unsaturated/α-hetero) is 1. The van der Waals surface area contributed by atoms with Crippen molar-refractivity contribution in [3.63, 3.8) is 0 Å². The molecule has 32 heavy (non-hydrogen) atoms. The number of carbonyl (C=O) groups is 1. The van der Waals surface area contributed by atoms with Gasteiger partial charge in [0.05, 0.1) is 32.0 Å². The van der Waals surface area contributed by atoms with E-state index in [4.69, 9.17) is 14.9 Å². The number of fused-ring (bicyclic) bond motifs is 1. The lowest BCUT2D eigenvalue weighted by Crippen LogP contribution is -2.31. The van der Waals surface area contributed by atoms with Gasteiger partial charge in [0.25, 0.3) is 0 Å². The lowest BCUT2D eigenvalue weighted by atomic mass is 9.84. The molecule has 8 heteroatoms. The van der Waals surface area contributed by atoms with Crippen molar-refractivity contribution in [1.29, 1.82) is 5.41 Å². The minimum atomic E-state index is -0.670. The van der Waals surface area contributed by atoms with Crippen LogP contribution in [0.4, 0.5) is 10.1 Å². The molecule has 0 unspecified atom stereocenters. The summed E-state index contributed by atoms with van der Waals surface area (Å²) in [6, 6.07) is 4.98. The number of methoxy groups -OCH3 is 2. The number of nitrogens with one attached hydrogen (secondary N) is 1. The molecule has 0 aliphatic carbocycles. The van der Waals surface area contributed by atoms with Crippen LogP contribution in [0.1, 0.15) is 47.8 Å². The maximum atomic E-state index is 15.0. The zero-order valence-electron chi connectivity index (χ0n) is 19.6. The van der Waals surface area contributed by atoms with Crippen molar-refractivity contribution in [2.45, 2.75) is 32.7 Å². The van der Waals surface area contributed by atoms with Crippen molar-refractivity contribution >= 4 is 17.3 Å². The fourth-order valence-electron chi connectivity index (χ4n) is 3.92. The topological polar surface area (TPSA) is 86.1 Å². The first kappa shape index (κ1) is 23.4. The van der Waals surface area contributed by atoms with Crippen molar-refractivity contribution in [3.8, 4) is 17.2 Å². The van der Waals surface area contributed by atoms with Crippen LogP contribution in [0.5, 0.6) is 17.2 Å². The van der Waals surface area contributed by atoms with Crippen LogP contribution in [-0.4, -0.2) is 56.5 Å². The van der Waals surface area contributed by atoms with Crippen LogP contribution in [0, 0.1) is 11.2 Å². The van der Waals surface area contributed by atoms with Crippen molar-refractivity contribution in [3.05, 3.63) is 46.3 Å². The molecule has 2 aromatic rings. The van der Waals surface area contributed by atoms with Crippen molar-refractivity contribution < 1.29 is 23.8 Å². The number of amidine groups is 1. The Morgan fingerprint density at radius 3 is 2.41 bits per heavy atom. The minimum absolute atomic E-state index is 0.0619. The molecule has 1 aliphatic heterocycles. The Bertz CT molecular complexity index is 1090. The van der Waals surface area contributed by atoms with E-state index in [-0.39, 0.29) is 52.9 Å². The molecule has 1 aliphatic rings. The number of aromatic hydroxyl groups is 1. The largest absolute Gasteiger partial charge is 0.505 e. The molecule has 0 radical (unpaired) electrons. The molecule has 172 valence electrons. The third-order valence-corrected chi connectivity index (χ3v) is 5.64. The third-order valence-electron chi connectivity index (χ3n) is 5.64. The number of rotatable bonds is 6. The lowest BCUT2D eigenvalue weighted by Gasteiger charge is -2.26. The second-order valence-electron chi connectivity index (χ2n) is 9.12. The zero-order chi connectivity index (χ0) is 24.0. The van der Waals surface area contributed by atoms with E-state index >= 15 is 0 Å². The van der Waals surface area contributed by atoms with Crippen molar-refractivity contribution in [2.75, 3.05) is 39.8 Å². The van der Waals surface area contributed by atoms with Gasteiger partial charge in [-0.25, -0.2) is 4.39 Å². The van der Waals surface area contributed by atoms with E-state index in [9.17, 15) is 14.3 Å². The van der Waals surface area contributed by atoms with E-state index in [0.717, 1.165) is 0 Å². The smallest absolute Gasteiger partial charge is 0.197 e. The molecule has 0 aromatic heterocycles. The Morgan fingerprint density at radius 2 is 1.88 bits per heavy atom. The third kappa shape index (κ3) is 3.97. The number of benzene rings is 2. The van der Waals surface area contributed by atoms with Crippen LogP contribution < -0.4 is 14.4 Å². The molecule has 1 heterocycles. The SMILES string of the molecule is COc1cc2c(c(F)c1OC)C(=N)N(CC(=O)c1cc(N(C)C)c(O)c(C(C)(C)C)c1)C2. The van der Waals surface area contributed by atoms with Crippen LogP contribution >= 0.6 is 0 Å². The molecule has 0 bridgehead atoms. The number of phenolic OH excluding ortho intramolecular Hbond substituents is 1. The number of ketones is 1. The number of nitrogens with zero attached hydrogens (tertiary/aromatic N) is 2. The van der Waals surface area contributed by atoms with Gasteiger partial charge in [0.2, 0.25) is 0 Å². The zero-order valence-corrected chi connectivity index (χ0v) is 19.6. The van der Waals surface area contributed by atoms with Gasteiger partial charge in [-0.3, -0.25) is 10.2 Å². The van der Waals surface area contributed by atoms with E-state index in [1.54, 1.807) is 37.2 Å². The van der Waals surface area contributed by atoms with E-state index in [1.165, 1.54) is 19.1 Å². The second kappa shape index (κ2) is 8.33. The Kier molecular flexibility index (Phi) is 6.09. The van der Waals surface area contributed by atoms with E-state index < -0.39 is 5.82 Å². The lowest BCUT2D eigenvalue weighted by molar-refractivity contribution is 0.0962. The van der Waals surface area contributed by atoms with Crippen molar-refractivity contribution in [2.24, 2.45) is 0 Å². The van der Waals surface area contributed by atoms with Crippen LogP contribution in [-0.2, 0) is 12.0 Å². The quantitative estimate of drug-likeness (QED) is 0.658. The Morgan fingerprint density at radius 1 is 1.22 bits per heavy atom. The highest BCUT2D eigenvalue weighted by molar-refractivity contribution is 6.06. The first-order valence-electron chi connectivity index (χ1n) is 10.3. The normalized spacial score (nSPS) is 13.2. The summed E-state index contributed by atoms with van der Waals surface area (Å²) < 4.78 is 25.3. The maximum Gasteiger partial charge on any atom is 0.197 e. The van der Waals surface area contributed by atoms with Crippen LogP contribution in [0.15, 0.2) is 18.2 Å². The fourth-order valence-corrected chi connectivity index (χ4v) is 3.92. The van der Waals surface area contributed by atoms with Gasteiger partial charge in [-0.05, 0) is 29.2 Å². The second-order valence-corrected chi connectivity index (χ2v) is 9.12. The summed E-state index contributed by atoms with van der Waals surface area (Å²) in [7, 11) is 6.36. The predicted octanol–water partition coefficient (Wildman–Crippen LogP) is 3.94. The number of ether oxygens (including phenoxy) is 2. The molecular weight excluding hydrogens is 413 g/mol. The molecule has 0 saturated carbocycles. The molecule has 0 saturated heterocycles. The summed E-state index contributed by atoms with van der Waals surface area (Å²) in [5, 5.41) is 19.2. The van der Waals surface area contributed by atoms with Gasteiger partial charge in [-0.15, -0.1) is 0 Å². The van der Waals surface area contributed by atoms with Crippen LogP contribution in [0.25, 0.3) is 0 Å². The number of carbonyl (C=O) groups excluding carboxylic acids is 1. The Balaban J connectivity index is 1.95. The molecule has 0 atom stereocenters. The summed E-state index contributed by atoms with van der Waals surface area (Å²) >= 11 is 0.